The SMILES string of the molecule is CC1CN(C)C(C)C/C1=N/NC(=O)CC#N. The molecule has 0 aliphatic carbocycles. The van der Waals surface area contributed by atoms with Crippen LogP contribution in [0.1, 0.15) is 26.7 Å². The fourth-order valence-electron chi connectivity index (χ4n) is 1.78. The third-order valence-electron chi connectivity index (χ3n) is 2.95. The van der Waals surface area contributed by atoms with Gasteiger partial charge in [-0.25, -0.2) is 5.43 Å². The van der Waals surface area contributed by atoms with Crippen LogP contribution in [-0.4, -0.2) is 36.2 Å². The first-order chi connectivity index (χ1) is 7.54. The Morgan fingerprint density at radius 2 is 2.38 bits per heavy atom. The highest BCUT2D eigenvalue weighted by Crippen LogP contribution is 2.17. The maximum absolute atomic E-state index is 11.1. The quantitative estimate of drug-likeness (QED) is 0.700. The lowest BCUT2D eigenvalue weighted by atomic mass is 9.93. The maximum Gasteiger partial charge on any atom is 0.254 e. The van der Waals surface area contributed by atoms with Crippen molar-refractivity contribution in [3.63, 3.8) is 0 Å². The standard InChI is InChI=1S/C11H18N4O/c1-8-7-15(3)9(2)6-10(8)13-14-11(16)4-5-12/h8-9H,4,6-7H2,1-3H3,(H,14,16)/b13-10-. The zero-order chi connectivity index (χ0) is 12.1. The van der Waals surface area contributed by atoms with Crippen molar-refractivity contribution in [2.75, 3.05) is 13.6 Å². The van der Waals surface area contributed by atoms with Crippen LogP contribution >= 0.6 is 0 Å². The highest BCUT2D eigenvalue weighted by molar-refractivity contribution is 5.89. The van der Waals surface area contributed by atoms with Crippen molar-refractivity contribution in [1.82, 2.24) is 10.3 Å². The number of piperidine rings is 1. The summed E-state index contributed by atoms with van der Waals surface area (Å²) in [4.78, 5) is 13.4. The molecule has 16 heavy (non-hydrogen) atoms. The van der Waals surface area contributed by atoms with Crippen molar-refractivity contribution in [3.05, 3.63) is 0 Å². The van der Waals surface area contributed by atoms with Crippen LogP contribution in [0.4, 0.5) is 0 Å². The molecule has 2 atom stereocenters. The number of hydrogen-bond donors (Lipinski definition) is 1. The van der Waals surface area contributed by atoms with Gasteiger partial charge in [0.2, 0.25) is 0 Å². The van der Waals surface area contributed by atoms with Crippen LogP contribution in [0.3, 0.4) is 0 Å². The Kier molecular flexibility index (Phi) is 4.44. The molecule has 0 spiro atoms. The van der Waals surface area contributed by atoms with Crippen molar-refractivity contribution in [2.24, 2.45) is 11.0 Å². The highest BCUT2D eigenvalue weighted by Gasteiger charge is 2.25. The van der Waals surface area contributed by atoms with Gasteiger partial charge in [0.15, 0.2) is 0 Å². The molecular weight excluding hydrogens is 204 g/mol. The van der Waals surface area contributed by atoms with Crippen LogP contribution in [0.5, 0.6) is 0 Å². The first kappa shape index (κ1) is 12.7. The fourth-order valence-corrected chi connectivity index (χ4v) is 1.78. The molecule has 1 heterocycles. The Bertz CT molecular complexity index is 331. The van der Waals surface area contributed by atoms with Gasteiger partial charge in [0, 0.05) is 30.6 Å². The summed E-state index contributed by atoms with van der Waals surface area (Å²) in [7, 11) is 2.09. The number of hydrazone groups is 1. The molecule has 2 unspecified atom stereocenters. The van der Waals surface area contributed by atoms with Gasteiger partial charge in [0.1, 0.15) is 6.42 Å². The molecule has 0 radical (unpaired) electrons. The van der Waals surface area contributed by atoms with Crippen LogP contribution in [-0.2, 0) is 4.79 Å². The van der Waals surface area contributed by atoms with Crippen molar-refractivity contribution >= 4 is 11.6 Å². The number of nitrogens with one attached hydrogen (secondary N) is 1. The molecule has 1 rings (SSSR count). The van der Waals surface area contributed by atoms with E-state index in [-0.39, 0.29) is 12.3 Å². The minimum Gasteiger partial charge on any atom is -0.303 e. The number of hydrogen-bond acceptors (Lipinski definition) is 4. The molecular formula is C11H18N4O. The smallest absolute Gasteiger partial charge is 0.254 e. The summed E-state index contributed by atoms with van der Waals surface area (Å²) >= 11 is 0. The Morgan fingerprint density at radius 3 is 3.00 bits per heavy atom. The van der Waals surface area contributed by atoms with E-state index in [0.29, 0.717) is 12.0 Å². The average molecular weight is 222 g/mol. The first-order valence-corrected chi connectivity index (χ1v) is 5.47. The van der Waals surface area contributed by atoms with Crippen molar-refractivity contribution in [1.29, 1.82) is 5.26 Å². The lowest BCUT2D eigenvalue weighted by Crippen LogP contribution is -2.43. The second-order valence-corrected chi connectivity index (χ2v) is 4.37. The summed E-state index contributed by atoms with van der Waals surface area (Å²) < 4.78 is 0. The Hall–Kier alpha value is -1.41. The van der Waals surface area contributed by atoms with Gasteiger partial charge in [-0.05, 0) is 14.0 Å². The lowest BCUT2D eigenvalue weighted by molar-refractivity contribution is -0.120. The summed E-state index contributed by atoms with van der Waals surface area (Å²) in [5, 5.41) is 12.4. The second-order valence-electron chi connectivity index (χ2n) is 4.37. The predicted molar refractivity (Wildman–Crippen MR) is 61.7 cm³/mol. The van der Waals surface area contributed by atoms with Crippen molar-refractivity contribution in [3.8, 4) is 6.07 Å². The second kappa shape index (κ2) is 5.61. The molecule has 1 aliphatic rings. The van der Waals surface area contributed by atoms with E-state index in [1.165, 1.54) is 0 Å². The van der Waals surface area contributed by atoms with Crippen LogP contribution in [0, 0.1) is 17.2 Å². The van der Waals surface area contributed by atoms with Gasteiger partial charge in [-0.3, -0.25) is 4.79 Å². The van der Waals surface area contributed by atoms with Crippen molar-refractivity contribution < 1.29 is 4.79 Å². The minimum absolute atomic E-state index is 0.138. The molecule has 0 aromatic heterocycles. The Labute approximate surface area is 96.1 Å². The topological polar surface area (TPSA) is 68.5 Å². The van der Waals surface area contributed by atoms with Gasteiger partial charge < -0.3 is 4.90 Å². The normalized spacial score (nSPS) is 28.8. The third-order valence-corrected chi connectivity index (χ3v) is 2.95. The van der Waals surface area contributed by atoms with Gasteiger partial charge >= 0.3 is 0 Å². The predicted octanol–water partition coefficient (Wildman–Crippen LogP) is 0.732. The number of nitrogens with zero attached hydrogens (tertiary/aromatic N) is 3. The van der Waals surface area contributed by atoms with Crippen LogP contribution in [0.25, 0.3) is 0 Å². The monoisotopic (exact) mass is 222 g/mol. The van der Waals surface area contributed by atoms with E-state index in [2.05, 4.69) is 36.3 Å². The van der Waals surface area contributed by atoms with Gasteiger partial charge in [-0.2, -0.15) is 10.4 Å². The van der Waals surface area contributed by atoms with Crippen LogP contribution in [0.2, 0.25) is 0 Å². The van der Waals surface area contributed by atoms with E-state index in [1.54, 1.807) is 6.07 Å². The molecule has 0 aromatic rings. The number of rotatable bonds is 2. The molecule has 1 aliphatic heterocycles. The van der Waals surface area contributed by atoms with Crippen LogP contribution < -0.4 is 5.43 Å². The van der Waals surface area contributed by atoms with Crippen molar-refractivity contribution in [2.45, 2.75) is 32.7 Å². The third kappa shape index (κ3) is 3.31. The zero-order valence-corrected chi connectivity index (χ0v) is 10.0. The molecule has 5 heteroatoms. The number of amides is 1. The van der Waals surface area contributed by atoms with Gasteiger partial charge in [0.25, 0.3) is 5.91 Å². The Balaban J connectivity index is 2.56. The van der Waals surface area contributed by atoms with E-state index in [0.717, 1.165) is 18.7 Å². The van der Waals surface area contributed by atoms with Gasteiger partial charge in [-0.15, -0.1) is 0 Å². The molecule has 0 saturated carbocycles. The maximum atomic E-state index is 11.1. The number of nitriles is 1. The molecule has 1 amide bonds. The molecule has 88 valence electrons. The van der Waals surface area contributed by atoms with Crippen LogP contribution in [0.15, 0.2) is 5.10 Å². The molecule has 0 bridgehead atoms. The van der Waals surface area contributed by atoms with E-state index >= 15 is 0 Å². The molecule has 5 nitrogen and oxygen atoms in total. The average Bonchev–Trinajstić information content (AvgIpc) is 2.22. The van der Waals surface area contributed by atoms with E-state index in [1.807, 2.05) is 0 Å². The highest BCUT2D eigenvalue weighted by atomic mass is 16.2. The number of carbonyl (C=O) groups excluding carboxylic acids is 1. The minimum atomic E-state index is -0.339. The largest absolute Gasteiger partial charge is 0.303 e. The summed E-state index contributed by atoms with van der Waals surface area (Å²) in [6, 6.07) is 2.24. The summed E-state index contributed by atoms with van der Waals surface area (Å²) in [5.74, 6) is 0.0115. The summed E-state index contributed by atoms with van der Waals surface area (Å²) in [5.41, 5.74) is 3.44. The zero-order valence-electron chi connectivity index (χ0n) is 10.0. The van der Waals surface area contributed by atoms with E-state index in [9.17, 15) is 4.79 Å². The summed E-state index contributed by atoms with van der Waals surface area (Å²) in [6.45, 7) is 5.18. The van der Waals surface area contributed by atoms with E-state index in [4.69, 9.17) is 5.26 Å². The number of carbonyl (C=O) groups is 1. The summed E-state index contributed by atoms with van der Waals surface area (Å²) in [6.07, 6.45) is 0.727. The Morgan fingerprint density at radius 1 is 1.69 bits per heavy atom. The van der Waals surface area contributed by atoms with E-state index < -0.39 is 0 Å². The number of likely N-dealkylation sites (tertiary alicyclic amines) is 1. The van der Waals surface area contributed by atoms with Gasteiger partial charge in [0.05, 0.1) is 6.07 Å². The molecule has 1 saturated heterocycles. The lowest BCUT2D eigenvalue weighted by Gasteiger charge is -2.34. The molecule has 1 fully saturated rings. The first-order valence-electron chi connectivity index (χ1n) is 5.47. The molecule has 1 N–H and O–H groups in total. The molecule has 0 aromatic carbocycles. The van der Waals surface area contributed by atoms with Gasteiger partial charge in [-0.1, -0.05) is 6.92 Å². The fraction of sp³-hybridized carbons (Fsp3) is 0.727.